The summed E-state index contributed by atoms with van der Waals surface area (Å²) in [5.74, 6) is -1.32. The van der Waals surface area contributed by atoms with Crippen LogP contribution in [0.5, 0.6) is 0 Å². The van der Waals surface area contributed by atoms with E-state index in [4.69, 9.17) is 0 Å². The fourth-order valence-corrected chi connectivity index (χ4v) is 4.02. The molecule has 1 heterocycles. The molecule has 6 heteroatoms. The minimum absolute atomic E-state index is 0.130. The maximum Gasteiger partial charge on any atom is 0.295 e. The zero-order chi connectivity index (χ0) is 21.1. The number of aryl methyl sites for hydroxylation is 1. The number of benzene rings is 2. The number of aliphatic hydroxyl groups excluding tert-OH is 1. The van der Waals surface area contributed by atoms with Crippen molar-refractivity contribution in [1.29, 1.82) is 0 Å². The fraction of sp³-hybridized carbons (Fsp3) is 0.304. The van der Waals surface area contributed by atoms with Crippen molar-refractivity contribution in [2.45, 2.75) is 19.4 Å². The highest BCUT2D eigenvalue weighted by Crippen LogP contribution is 2.40. The molecule has 0 saturated carbocycles. The van der Waals surface area contributed by atoms with E-state index in [0.717, 1.165) is 28.6 Å². The van der Waals surface area contributed by atoms with E-state index in [1.54, 1.807) is 17.0 Å². The van der Waals surface area contributed by atoms with Crippen LogP contribution in [-0.2, 0) is 9.59 Å². The minimum atomic E-state index is -0.634. The highest BCUT2D eigenvalue weighted by atomic mass is 79.9. The van der Waals surface area contributed by atoms with Gasteiger partial charge in [0.25, 0.3) is 11.7 Å². The molecular weight excluding hydrogens is 432 g/mol. The van der Waals surface area contributed by atoms with Crippen LogP contribution in [0.15, 0.2) is 58.6 Å². The second-order valence-corrected chi connectivity index (χ2v) is 8.64. The van der Waals surface area contributed by atoms with E-state index in [2.05, 4.69) is 30.0 Å². The summed E-state index contributed by atoms with van der Waals surface area (Å²) in [5, 5.41) is 11.0. The average Bonchev–Trinajstić information content (AvgIpc) is 2.93. The first-order chi connectivity index (χ1) is 13.8. The molecule has 0 aromatic heterocycles. The summed E-state index contributed by atoms with van der Waals surface area (Å²) in [6, 6.07) is 14.2. The third-order valence-corrected chi connectivity index (χ3v) is 5.60. The van der Waals surface area contributed by atoms with Crippen LogP contribution in [0, 0.1) is 6.92 Å². The monoisotopic (exact) mass is 457 g/mol. The lowest BCUT2D eigenvalue weighted by molar-refractivity contribution is -0.858. The largest absolute Gasteiger partial charge is 0.507 e. The van der Waals surface area contributed by atoms with E-state index < -0.39 is 17.7 Å². The molecule has 1 fully saturated rings. The van der Waals surface area contributed by atoms with Gasteiger partial charge in [-0.2, -0.15) is 0 Å². The predicted octanol–water partition coefficient (Wildman–Crippen LogP) is 2.71. The van der Waals surface area contributed by atoms with E-state index >= 15 is 0 Å². The van der Waals surface area contributed by atoms with Crippen LogP contribution in [-0.4, -0.2) is 48.9 Å². The molecule has 1 atom stereocenters. The number of likely N-dealkylation sites (tertiary alicyclic amines) is 1. The van der Waals surface area contributed by atoms with Crippen LogP contribution in [0.25, 0.3) is 5.76 Å². The maximum atomic E-state index is 12.9. The van der Waals surface area contributed by atoms with E-state index in [0.29, 0.717) is 12.1 Å². The molecule has 2 aromatic carbocycles. The standard InChI is InChI=1S/C23H25BrN2O3/c1-15-8-10-16(11-9-15)21(27)19-20(17-6-4-7-18(24)14-17)26(23(29)22(19)28)13-5-12-25(2)3/h4,6-11,14,20,27H,5,12-13H2,1-3H3/p+1/t20-/m0/s1. The number of carbonyl (C=O) groups excluding carboxylic acids is 2. The first kappa shape index (κ1) is 21.3. The quantitative estimate of drug-likeness (QED) is 0.398. The molecule has 5 nitrogen and oxygen atoms in total. The molecule has 0 aliphatic carbocycles. The zero-order valence-electron chi connectivity index (χ0n) is 16.9. The Bertz CT molecular complexity index is 951. The first-order valence-electron chi connectivity index (χ1n) is 9.69. The number of halogens is 1. The van der Waals surface area contributed by atoms with Crippen LogP contribution < -0.4 is 4.90 Å². The molecule has 1 aliphatic heterocycles. The number of carbonyl (C=O) groups is 2. The Labute approximate surface area is 179 Å². The van der Waals surface area contributed by atoms with E-state index in [-0.39, 0.29) is 11.3 Å². The molecule has 2 aromatic rings. The van der Waals surface area contributed by atoms with Crippen molar-refractivity contribution in [2.75, 3.05) is 27.2 Å². The minimum Gasteiger partial charge on any atom is -0.507 e. The third-order valence-electron chi connectivity index (χ3n) is 5.11. The Balaban J connectivity index is 2.09. The van der Waals surface area contributed by atoms with E-state index in [9.17, 15) is 14.7 Å². The molecule has 1 amide bonds. The van der Waals surface area contributed by atoms with Crippen molar-refractivity contribution in [3.63, 3.8) is 0 Å². The molecule has 29 heavy (non-hydrogen) atoms. The number of nitrogens with one attached hydrogen (secondary N) is 1. The lowest BCUT2D eigenvalue weighted by atomic mass is 9.95. The van der Waals surface area contributed by atoms with Crippen LogP contribution in [0.3, 0.4) is 0 Å². The second kappa shape index (κ2) is 8.93. The smallest absolute Gasteiger partial charge is 0.295 e. The number of rotatable bonds is 6. The summed E-state index contributed by atoms with van der Waals surface area (Å²) in [4.78, 5) is 28.7. The van der Waals surface area contributed by atoms with Gasteiger partial charge in [-0.1, -0.05) is 57.9 Å². The van der Waals surface area contributed by atoms with Gasteiger partial charge in [0.15, 0.2) is 0 Å². The van der Waals surface area contributed by atoms with Gasteiger partial charge >= 0.3 is 0 Å². The van der Waals surface area contributed by atoms with Crippen LogP contribution >= 0.6 is 15.9 Å². The van der Waals surface area contributed by atoms with Crippen molar-refractivity contribution in [3.05, 3.63) is 75.3 Å². The molecule has 3 rings (SSSR count). The fourth-order valence-electron chi connectivity index (χ4n) is 3.60. The number of aliphatic hydroxyl groups is 1. The summed E-state index contributed by atoms with van der Waals surface area (Å²) in [6.45, 7) is 3.29. The molecule has 0 spiro atoms. The molecule has 0 radical (unpaired) electrons. The Morgan fingerprint density at radius 3 is 2.45 bits per heavy atom. The van der Waals surface area contributed by atoms with Gasteiger partial charge in [-0.05, 0) is 24.6 Å². The molecule has 1 aliphatic rings. The molecular formula is C23H26BrN2O3+. The number of ketones is 1. The summed E-state index contributed by atoms with van der Waals surface area (Å²) in [7, 11) is 4.11. The summed E-state index contributed by atoms with van der Waals surface area (Å²) in [6.07, 6.45) is 0.768. The van der Waals surface area contributed by atoms with Crippen LogP contribution in [0.1, 0.15) is 29.2 Å². The van der Waals surface area contributed by atoms with Gasteiger partial charge in [0.05, 0.1) is 32.3 Å². The lowest BCUT2D eigenvalue weighted by Gasteiger charge is -2.25. The topological polar surface area (TPSA) is 62.0 Å². The molecule has 0 unspecified atom stereocenters. The molecule has 0 bridgehead atoms. The van der Waals surface area contributed by atoms with Gasteiger partial charge in [-0.25, -0.2) is 0 Å². The highest BCUT2D eigenvalue weighted by Gasteiger charge is 2.45. The Morgan fingerprint density at radius 1 is 1.14 bits per heavy atom. The summed E-state index contributed by atoms with van der Waals surface area (Å²) < 4.78 is 0.855. The molecule has 152 valence electrons. The van der Waals surface area contributed by atoms with Crippen molar-refractivity contribution in [2.24, 2.45) is 0 Å². The second-order valence-electron chi connectivity index (χ2n) is 7.72. The van der Waals surface area contributed by atoms with Gasteiger partial charge < -0.3 is 14.9 Å². The number of quaternary nitrogens is 1. The van der Waals surface area contributed by atoms with Crippen molar-refractivity contribution >= 4 is 33.4 Å². The summed E-state index contributed by atoms with van der Waals surface area (Å²) in [5.41, 5.74) is 2.53. The van der Waals surface area contributed by atoms with Gasteiger partial charge in [-0.3, -0.25) is 9.59 Å². The van der Waals surface area contributed by atoms with Gasteiger partial charge in [0.2, 0.25) is 0 Å². The highest BCUT2D eigenvalue weighted by molar-refractivity contribution is 9.10. The molecule has 2 N–H and O–H groups in total. The van der Waals surface area contributed by atoms with Crippen LogP contribution in [0.2, 0.25) is 0 Å². The normalized spacial score (nSPS) is 18.7. The van der Waals surface area contributed by atoms with Gasteiger partial charge in [-0.15, -0.1) is 0 Å². The Hall–Kier alpha value is -2.44. The third kappa shape index (κ3) is 4.60. The zero-order valence-corrected chi connectivity index (χ0v) is 18.5. The maximum absolute atomic E-state index is 12.9. The lowest BCUT2D eigenvalue weighted by Crippen LogP contribution is -3.05. The van der Waals surface area contributed by atoms with E-state index in [1.807, 2.05) is 43.3 Å². The molecule has 1 saturated heterocycles. The van der Waals surface area contributed by atoms with E-state index in [1.165, 1.54) is 4.90 Å². The van der Waals surface area contributed by atoms with Crippen LogP contribution in [0.4, 0.5) is 0 Å². The first-order valence-corrected chi connectivity index (χ1v) is 10.5. The Kier molecular flexibility index (Phi) is 6.55. The Morgan fingerprint density at radius 2 is 1.83 bits per heavy atom. The van der Waals surface area contributed by atoms with Gasteiger partial charge in [0, 0.05) is 23.0 Å². The number of hydrogen-bond donors (Lipinski definition) is 2. The number of Topliss-reactive ketones (excluding diaryl/α,β-unsaturated/α-hetero) is 1. The van der Waals surface area contributed by atoms with Gasteiger partial charge in [0.1, 0.15) is 5.76 Å². The van der Waals surface area contributed by atoms with Crippen molar-refractivity contribution in [1.82, 2.24) is 4.90 Å². The van der Waals surface area contributed by atoms with Crippen molar-refractivity contribution in [3.8, 4) is 0 Å². The number of nitrogens with zero attached hydrogens (tertiary/aromatic N) is 1. The number of amides is 1. The number of hydrogen-bond acceptors (Lipinski definition) is 3. The predicted molar refractivity (Wildman–Crippen MR) is 117 cm³/mol. The average molecular weight is 458 g/mol. The SMILES string of the molecule is Cc1ccc(C(O)=C2C(=O)C(=O)N(CCC[NH+](C)C)[C@H]2c2cccc(Br)c2)cc1. The summed E-state index contributed by atoms with van der Waals surface area (Å²) >= 11 is 3.47. The van der Waals surface area contributed by atoms with Crippen molar-refractivity contribution < 1.29 is 19.6 Å².